The number of rotatable bonds is 3. The summed E-state index contributed by atoms with van der Waals surface area (Å²) in [7, 11) is 1.72. The topological polar surface area (TPSA) is 41.6 Å². The van der Waals surface area contributed by atoms with Crippen LogP contribution < -0.4 is 5.32 Å². The predicted octanol–water partition coefficient (Wildman–Crippen LogP) is 1.52. The number of nitrogens with one attached hydrogen (secondary N) is 1. The molecule has 0 bridgehead atoms. The average molecular weight is 260 g/mol. The molecule has 0 radical (unpaired) electrons. The molecule has 1 N–H and O–H groups in total. The molecule has 0 saturated carbocycles. The summed E-state index contributed by atoms with van der Waals surface area (Å²) >= 11 is 0. The van der Waals surface area contributed by atoms with E-state index in [0.29, 0.717) is 5.92 Å². The van der Waals surface area contributed by atoms with Crippen LogP contribution in [0.5, 0.6) is 0 Å². The van der Waals surface area contributed by atoms with Gasteiger partial charge in [0.25, 0.3) is 0 Å². The largest absolute Gasteiger partial charge is 0.384 e. The van der Waals surface area contributed by atoms with Crippen molar-refractivity contribution in [2.45, 2.75) is 18.9 Å². The first-order valence-corrected chi connectivity index (χ1v) is 6.90. The van der Waals surface area contributed by atoms with Crippen molar-refractivity contribution in [3.63, 3.8) is 0 Å². The molecule has 1 fully saturated rings. The summed E-state index contributed by atoms with van der Waals surface area (Å²) in [4.78, 5) is 14.5. The van der Waals surface area contributed by atoms with Crippen LogP contribution in [0.3, 0.4) is 0 Å². The number of amides is 1. The quantitative estimate of drug-likeness (QED) is 0.896. The van der Waals surface area contributed by atoms with Gasteiger partial charge in [-0.1, -0.05) is 18.2 Å². The van der Waals surface area contributed by atoms with E-state index in [4.69, 9.17) is 4.74 Å². The van der Waals surface area contributed by atoms with Gasteiger partial charge in [0.05, 0.1) is 6.61 Å². The molecule has 1 saturated heterocycles. The van der Waals surface area contributed by atoms with E-state index in [1.54, 1.807) is 7.11 Å². The number of fused-ring (bicyclic) bond motifs is 1. The maximum Gasteiger partial charge on any atom is 0.245 e. The third kappa shape index (κ3) is 2.45. The summed E-state index contributed by atoms with van der Waals surface area (Å²) in [5.41, 5.74) is 2.35. The van der Waals surface area contributed by atoms with E-state index in [-0.39, 0.29) is 11.9 Å². The second-order valence-corrected chi connectivity index (χ2v) is 5.45. The van der Waals surface area contributed by atoms with Gasteiger partial charge in [-0.3, -0.25) is 4.79 Å². The molecule has 4 nitrogen and oxygen atoms in total. The second-order valence-electron chi connectivity index (χ2n) is 5.45. The van der Waals surface area contributed by atoms with Crippen LogP contribution in [0, 0.1) is 5.92 Å². The minimum Gasteiger partial charge on any atom is -0.384 e. The van der Waals surface area contributed by atoms with E-state index in [1.807, 2.05) is 23.1 Å². The van der Waals surface area contributed by atoms with Crippen LogP contribution in [0.25, 0.3) is 0 Å². The molecule has 1 unspecified atom stereocenters. The van der Waals surface area contributed by atoms with Crippen LogP contribution in [0.15, 0.2) is 24.3 Å². The van der Waals surface area contributed by atoms with Crippen molar-refractivity contribution in [3.8, 4) is 0 Å². The number of nitrogens with zero attached hydrogens (tertiary/aromatic N) is 1. The molecule has 1 aromatic carbocycles. The molecule has 2 heterocycles. The number of carbonyl (C=O) groups excluding carboxylic acids is 1. The third-order valence-corrected chi connectivity index (χ3v) is 4.07. The Bertz CT molecular complexity index is 450. The van der Waals surface area contributed by atoms with E-state index in [1.165, 1.54) is 5.56 Å². The van der Waals surface area contributed by atoms with Gasteiger partial charge in [0.2, 0.25) is 5.91 Å². The van der Waals surface area contributed by atoms with Gasteiger partial charge >= 0.3 is 0 Å². The van der Waals surface area contributed by atoms with E-state index >= 15 is 0 Å². The number of likely N-dealkylation sites (tertiary alicyclic amines) is 1. The molecule has 0 aliphatic carbocycles. The Hall–Kier alpha value is -1.55. The maximum absolute atomic E-state index is 12.5. The Morgan fingerprint density at radius 1 is 1.47 bits per heavy atom. The van der Waals surface area contributed by atoms with Crippen molar-refractivity contribution in [2.24, 2.45) is 5.92 Å². The highest BCUT2D eigenvalue weighted by Crippen LogP contribution is 2.27. The number of para-hydroxylation sites is 1. The first-order valence-electron chi connectivity index (χ1n) is 6.90. The van der Waals surface area contributed by atoms with Crippen molar-refractivity contribution in [2.75, 3.05) is 32.1 Å². The molecule has 19 heavy (non-hydrogen) atoms. The molecule has 0 aromatic heterocycles. The highest BCUT2D eigenvalue weighted by atomic mass is 16.5. The molecule has 102 valence electrons. The van der Waals surface area contributed by atoms with Crippen LogP contribution in [-0.2, 0) is 16.0 Å². The minimum absolute atomic E-state index is 0.0845. The Kier molecular flexibility index (Phi) is 3.42. The molecule has 1 aromatic rings. The average Bonchev–Trinajstić information content (AvgIpc) is 3.04. The van der Waals surface area contributed by atoms with Crippen molar-refractivity contribution in [1.29, 1.82) is 0 Å². The van der Waals surface area contributed by atoms with Gasteiger partial charge < -0.3 is 15.0 Å². The van der Waals surface area contributed by atoms with Crippen molar-refractivity contribution < 1.29 is 9.53 Å². The summed E-state index contributed by atoms with van der Waals surface area (Å²) in [6, 6.07) is 8.08. The second kappa shape index (κ2) is 5.21. The van der Waals surface area contributed by atoms with Crippen molar-refractivity contribution >= 4 is 11.6 Å². The first-order chi connectivity index (χ1) is 9.28. The smallest absolute Gasteiger partial charge is 0.245 e. The van der Waals surface area contributed by atoms with Gasteiger partial charge in [0.1, 0.15) is 6.04 Å². The van der Waals surface area contributed by atoms with Gasteiger partial charge in [-0.05, 0) is 18.1 Å². The number of hydrogen-bond donors (Lipinski definition) is 1. The normalized spacial score (nSPS) is 25.2. The van der Waals surface area contributed by atoms with Crippen LogP contribution in [-0.4, -0.2) is 43.7 Å². The Morgan fingerprint density at radius 3 is 3.11 bits per heavy atom. The summed E-state index contributed by atoms with van der Waals surface area (Å²) in [6.45, 7) is 2.45. The van der Waals surface area contributed by atoms with Gasteiger partial charge in [-0.2, -0.15) is 0 Å². The van der Waals surface area contributed by atoms with Crippen LogP contribution in [0.1, 0.15) is 12.0 Å². The summed E-state index contributed by atoms with van der Waals surface area (Å²) in [5.74, 6) is 0.729. The van der Waals surface area contributed by atoms with E-state index in [9.17, 15) is 4.79 Å². The van der Waals surface area contributed by atoms with Gasteiger partial charge in [0, 0.05) is 38.2 Å². The zero-order chi connectivity index (χ0) is 13.2. The standard InChI is InChI=1S/C15H20N2O2/c1-19-10-11-6-7-17(9-11)15(18)14-8-12-4-2-3-5-13(12)16-14/h2-5,11,14,16H,6-10H2,1H3/t11?,14-/m0/s1. The number of methoxy groups -OCH3 is 1. The van der Waals surface area contributed by atoms with Gasteiger partial charge in [-0.15, -0.1) is 0 Å². The fourth-order valence-corrected chi connectivity index (χ4v) is 3.07. The SMILES string of the molecule is COCC1CCN(C(=O)[C@@H]2Cc3ccccc3N2)C1. The van der Waals surface area contributed by atoms with E-state index in [0.717, 1.165) is 38.2 Å². The van der Waals surface area contributed by atoms with Gasteiger partial charge in [0.15, 0.2) is 0 Å². The zero-order valence-electron chi connectivity index (χ0n) is 11.3. The number of ether oxygens (including phenoxy) is 1. The highest BCUT2D eigenvalue weighted by molar-refractivity contribution is 5.87. The predicted molar refractivity (Wildman–Crippen MR) is 74.1 cm³/mol. The Morgan fingerprint density at radius 2 is 2.32 bits per heavy atom. The fourth-order valence-electron chi connectivity index (χ4n) is 3.07. The molecular weight excluding hydrogens is 240 g/mol. The number of carbonyl (C=O) groups is 1. The first kappa shape index (κ1) is 12.5. The third-order valence-electron chi connectivity index (χ3n) is 4.07. The molecule has 3 rings (SSSR count). The maximum atomic E-state index is 12.5. The van der Waals surface area contributed by atoms with E-state index in [2.05, 4.69) is 11.4 Å². The van der Waals surface area contributed by atoms with E-state index < -0.39 is 0 Å². The zero-order valence-corrected chi connectivity index (χ0v) is 11.3. The van der Waals surface area contributed by atoms with Crippen molar-refractivity contribution in [1.82, 2.24) is 4.90 Å². The molecule has 4 heteroatoms. The Labute approximate surface area is 113 Å². The number of anilines is 1. The molecule has 2 aliphatic heterocycles. The van der Waals surface area contributed by atoms with Gasteiger partial charge in [-0.25, -0.2) is 0 Å². The number of hydrogen-bond acceptors (Lipinski definition) is 3. The lowest BCUT2D eigenvalue weighted by molar-refractivity contribution is -0.131. The Balaban J connectivity index is 1.61. The summed E-state index contributed by atoms with van der Waals surface area (Å²) < 4.78 is 5.18. The lowest BCUT2D eigenvalue weighted by Gasteiger charge is -2.21. The lowest BCUT2D eigenvalue weighted by Crippen LogP contribution is -2.41. The lowest BCUT2D eigenvalue weighted by atomic mass is 10.1. The molecule has 1 amide bonds. The van der Waals surface area contributed by atoms with Crippen LogP contribution in [0.4, 0.5) is 5.69 Å². The molecular formula is C15H20N2O2. The van der Waals surface area contributed by atoms with Crippen LogP contribution in [0.2, 0.25) is 0 Å². The number of benzene rings is 1. The molecule has 0 spiro atoms. The monoisotopic (exact) mass is 260 g/mol. The highest BCUT2D eigenvalue weighted by Gasteiger charge is 2.33. The fraction of sp³-hybridized carbons (Fsp3) is 0.533. The molecule has 2 aliphatic rings. The molecule has 2 atom stereocenters. The van der Waals surface area contributed by atoms with Crippen molar-refractivity contribution in [3.05, 3.63) is 29.8 Å². The van der Waals surface area contributed by atoms with Crippen LogP contribution >= 0.6 is 0 Å². The summed E-state index contributed by atoms with van der Waals surface area (Å²) in [6.07, 6.45) is 1.86. The minimum atomic E-state index is -0.0845. The summed E-state index contributed by atoms with van der Waals surface area (Å²) in [5, 5.41) is 3.34.